The molecule has 1 atom stereocenters. The van der Waals surface area contributed by atoms with Crippen LogP contribution in [0.25, 0.3) is 0 Å². The highest BCUT2D eigenvalue weighted by molar-refractivity contribution is 9.10. The Morgan fingerprint density at radius 2 is 1.73 bits per heavy atom. The van der Waals surface area contributed by atoms with Gasteiger partial charge in [-0.1, -0.05) is 47.0 Å². The van der Waals surface area contributed by atoms with E-state index in [1.54, 1.807) is 0 Å². The molecular weight excluding hydrogens is 388 g/mol. The number of halogens is 1. The van der Waals surface area contributed by atoms with Gasteiger partial charge in [0.1, 0.15) is 0 Å². The number of hydrogen-bond acceptors (Lipinski definition) is 2. The van der Waals surface area contributed by atoms with Crippen LogP contribution in [0.15, 0.2) is 28.7 Å². The lowest BCUT2D eigenvalue weighted by atomic mass is 9.85. The topological polar surface area (TPSA) is 23.6 Å². The second-order valence-electron chi connectivity index (χ2n) is 8.43. The number of likely N-dealkylation sites (tertiary alicyclic amines) is 2. The standard InChI is InChI=1S/C22H31BrN2O/c23-20-7-4-3-6-19(20)16-24-14-11-17(12-15-24)21-8-2-1-5-13-25(21)22(26)18-9-10-18/h3-4,6-7,17-18,21H,1-2,5,8-16H2/t21-/m0/s1. The number of carbonyl (C=O) groups excluding carboxylic acids is 1. The molecular formula is C22H31BrN2O. The minimum atomic E-state index is 0.367. The third-order valence-electron chi connectivity index (χ3n) is 6.54. The fraction of sp³-hybridized carbons (Fsp3) is 0.682. The fourth-order valence-electron chi connectivity index (χ4n) is 4.83. The molecule has 142 valence electrons. The van der Waals surface area contributed by atoms with Crippen LogP contribution < -0.4 is 0 Å². The number of carbonyl (C=O) groups is 1. The van der Waals surface area contributed by atoms with Gasteiger partial charge in [-0.15, -0.1) is 0 Å². The smallest absolute Gasteiger partial charge is 0.225 e. The average molecular weight is 419 g/mol. The third kappa shape index (κ3) is 4.33. The van der Waals surface area contributed by atoms with Crippen LogP contribution in [-0.2, 0) is 11.3 Å². The summed E-state index contributed by atoms with van der Waals surface area (Å²) in [5, 5.41) is 0. The van der Waals surface area contributed by atoms with Crippen LogP contribution in [0.1, 0.15) is 56.9 Å². The summed E-state index contributed by atoms with van der Waals surface area (Å²) in [6.07, 6.45) is 9.78. The highest BCUT2D eigenvalue weighted by Gasteiger charge is 2.39. The maximum Gasteiger partial charge on any atom is 0.225 e. The highest BCUT2D eigenvalue weighted by atomic mass is 79.9. The monoisotopic (exact) mass is 418 g/mol. The molecule has 4 rings (SSSR count). The second kappa shape index (κ2) is 8.43. The zero-order valence-electron chi connectivity index (χ0n) is 15.7. The SMILES string of the molecule is O=C(C1CC1)N1CCCCC[C@H]1C1CCN(Cc2ccccc2Br)CC1. The van der Waals surface area contributed by atoms with E-state index in [2.05, 4.69) is 50.0 Å². The predicted octanol–water partition coefficient (Wildman–Crippen LogP) is 4.84. The molecule has 2 heterocycles. The Bertz CT molecular complexity index is 622. The van der Waals surface area contributed by atoms with E-state index >= 15 is 0 Å². The van der Waals surface area contributed by atoms with Gasteiger partial charge in [0, 0.05) is 29.5 Å². The van der Waals surface area contributed by atoms with Crippen molar-refractivity contribution in [2.45, 2.75) is 64.0 Å². The Morgan fingerprint density at radius 3 is 2.46 bits per heavy atom. The Labute approximate surface area is 166 Å². The van der Waals surface area contributed by atoms with E-state index in [0.29, 0.717) is 23.8 Å². The van der Waals surface area contributed by atoms with Gasteiger partial charge in [0.05, 0.1) is 0 Å². The van der Waals surface area contributed by atoms with Crippen molar-refractivity contribution < 1.29 is 4.79 Å². The Kier molecular flexibility index (Phi) is 6.00. The molecule has 0 bridgehead atoms. The van der Waals surface area contributed by atoms with Crippen molar-refractivity contribution >= 4 is 21.8 Å². The van der Waals surface area contributed by atoms with Gasteiger partial charge < -0.3 is 4.90 Å². The first-order valence-corrected chi connectivity index (χ1v) is 11.3. The quantitative estimate of drug-likeness (QED) is 0.697. The Hall–Kier alpha value is -0.870. The molecule has 3 fully saturated rings. The molecule has 0 spiro atoms. The molecule has 1 saturated carbocycles. The molecule has 26 heavy (non-hydrogen) atoms. The van der Waals surface area contributed by atoms with Crippen molar-refractivity contribution in [2.75, 3.05) is 19.6 Å². The molecule has 2 aliphatic heterocycles. The van der Waals surface area contributed by atoms with Crippen molar-refractivity contribution in [3.63, 3.8) is 0 Å². The van der Waals surface area contributed by atoms with Crippen molar-refractivity contribution in [1.29, 1.82) is 0 Å². The summed E-state index contributed by atoms with van der Waals surface area (Å²) in [7, 11) is 0. The van der Waals surface area contributed by atoms with Crippen LogP contribution >= 0.6 is 15.9 Å². The number of rotatable bonds is 4. The van der Waals surface area contributed by atoms with Gasteiger partial charge in [-0.2, -0.15) is 0 Å². The largest absolute Gasteiger partial charge is 0.339 e. The fourth-order valence-corrected chi connectivity index (χ4v) is 5.24. The van der Waals surface area contributed by atoms with Crippen molar-refractivity contribution in [1.82, 2.24) is 9.80 Å². The summed E-state index contributed by atoms with van der Waals surface area (Å²) in [6.45, 7) is 4.36. The van der Waals surface area contributed by atoms with Gasteiger partial charge in [-0.25, -0.2) is 0 Å². The highest BCUT2D eigenvalue weighted by Crippen LogP contribution is 2.36. The van der Waals surface area contributed by atoms with Crippen LogP contribution in [0.3, 0.4) is 0 Å². The average Bonchev–Trinajstić information content (AvgIpc) is 3.51. The summed E-state index contributed by atoms with van der Waals surface area (Å²) in [6, 6.07) is 9.07. The summed E-state index contributed by atoms with van der Waals surface area (Å²) in [5.74, 6) is 1.55. The van der Waals surface area contributed by atoms with Gasteiger partial charge in [0.15, 0.2) is 0 Å². The van der Waals surface area contributed by atoms with Crippen LogP contribution in [0, 0.1) is 11.8 Å². The molecule has 1 aromatic carbocycles. The van der Waals surface area contributed by atoms with E-state index in [0.717, 1.165) is 39.0 Å². The maximum absolute atomic E-state index is 12.8. The molecule has 0 N–H and O–H groups in total. The second-order valence-corrected chi connectivity index (χ2v) is 9.28. The van der Waals surface area contributed by atoms with Crippen LogP contribution in [-0.4, -0.2) is 41.4 Å². The van der Waals surface area contributed by atoms with E-state index in [4.69, 9.17) is 0 Å². The number of piperidine rings is 1. The van der Waals surface area contributed by atoms with Crippen LogP contribution in [0.4, 0.5) is 0 Å². The van der Waals surface area contributed by atoms with Crippen molar-refractivity contribution in [3.05, 3.63) is 34.3 Å². The molecule has 3 nitrogen and oxygen atoms in total. The zero-order chi connectivity index (χ0) is 17.9. The lowest BCUT2D eigenvalue weighted by Crippen LogP contribution is -2.48. The van der Waals surface area contributed by atoms with E-state index < -0.39 is 0 Å². The molecule has 0 radical (unpaired) electrons. The molecule has 0 aromatic heterocycles. The summed E-state index contributed by atoms with van der Waals surface area (Å²) < 4.78 is 1.21. The van der Waals surface area contributed by atoms with Crippen molar-refractivity contribution in [2.24, 2.45) is 11.8 Å². The van der Waals surface area contributed by atoms with Crippen LogP contribution in [0.2, 0.25) is 0 Å². The van der Waals surface area contributed by atoms with E-state index in [-0.39, 0.29) is 0 Å². The van der Waals surface area contributed by atoms with E-state index in [1.165, 1.54) is 48.6 Å². The van der Waals surface area contributed by atoms with Gasteiger partial charge in [0.25, 0.3) is 0 Å². The minimum absolute atomic E-state index is 0.367. The molecule has 1 aromatic rings. The normalized spacial score (nSPS) is 25.9. The molecule has 1 amide bonds. The first-order valence-electron chi connectivity index (χ1n) is 10.5. The lowest BCUT2D eigenvalue weighted by molar-refractivity contribution is -0.136. The van der Waals surface area contributed by atoms with Gasteiger partial charge in [0.2, 0.25) is 5.91 Å². The number of benzene rings is 1. The Balaban J connectivity index is 1.36. The van der Waals surface area contributed by atoms with Gasteiger partial charge in [-0.3, -0.25) is 9.69 Å². The molecule has 3 aliphatic rings. The van der Waals surface area contributed by atoms with Crippen LogP contribution in [0.5, 0.6) is 0 Å². The van der Waals surface area contributed by atoms with E-state index in [9.17, 15) is 4.79 Å². The molecule has 0 unspecified atom stereocenters. The third-order valence-corrected chi connectivity index (χ3v) is 7.31. The molecule has 4 heteroatoms. The summed E-state index contributed by atoms with van der Waals surface area (Å²) >= 11 is 3.68. The summed E-state index contributed by atoms with van der Waals surface area (Å²) in [4.78, 5) is 17.7. The molecule has 1 aliphatic carbocycles. The minimum Gasteiger partial charge on any atom is -0.339 e. The van der Waals surface area contributed by atoms with Gasteiger partial charge >= 0.3 is 0 Å². The first kappa shape index (κ1) is 18.5. The lowest BCUT2D eigenvalue weighted by Gasteiger charge is -2.41. The zero-order valence-corrected chi connectivity index (χ0v) is 17.3. The number of hydrogen-bond donors (Lipinski definition) is 0. The Morgan fingerprint density at radius 1 is 0.962 bits per heavy atom. The first-order chi connectivity index (χ1) is 12.7. The number of amides is 1. The predicted molar refractivity (Wildman–Crippen MR) is 109 cm³/mol. The number of nitrogens with zero attached hydrogens (tertiary/aromatic N) is 2. The van der Waals surface area contributed by atoms with E-state index in [1.807, 2.05) is 0 Å². The molecule has 2 saturated heterocycles. The maximum atomic E-state index is 12.8. The van der Waals surface area contributed by atoms with Gasteiger partial charge in [-0.05, 0) is 69.2 Å². The van der Waals surface area contributed by atoms with Crippen molar-refractivity contribution in [3.8, 4) is 0 Å². The summed E-state index contributed by atoms with van der Waals surface area (Å²) in [5.41, 5.74) is 1.38.